The molecule has 0 aromatic carbocycles. The number of carbonyl (C=O) groups is 3. The Morgan fingerprint density at radius 2 is 0.402 bits per heavy atom. The lowest BCUT2D eigenvalue weighted by molar-refractivity contribution is -0.167. The number of ether oxygens (including phenoxy) is 3. The number of rotatable bonds is 71. The molecule has 1 atom stereocenters. The van der Waals surface area contributed by atoms with E-state index in [9.17, 15) is 14.4 Å². The lowest BCUT2D eigenvalue weighted by Gasteiger charge is -2.18. The first-order valence-corrected chi connectivity index (χ1v) is 37.7. The van der Waals surface area contributed by atoms with Gasteiger partial charge >= 0.3 is 17.9 Å². The van der Waals surface area contributed by atoms with E-state index in [1.165, 1.54) is 340 Å². The van der Waals surface area contributed by atoms with E-state index < -0.39 is 6.10 Å². The highest BCUT2D eigenvalue weighted by Crippen LogP contribution is 2.20. The molecule has 6 nitrogen and oxygen atoms in total. The summed E-state index contributed by atoms with van der Waals surface area (Å²) in [7, 11) is 0. The number of hydrogen-bond donors (Lipinski definition) is 0. The topological polar surface area (TPSA) is 78.9 Å². The van der Waals surface area contributed by atoms with Crippen LogP contribution in [0.2, 0.25) is 0 Å². The summed E-state index contributed by atoms with van der Waals surface area (Å²) in [4.78, 5) is 38.2. The van der Waals surface area contributed by atoms with E-state index in [0.29, 0.717) is 19.3 Å². The van der Waals surface area contributed by atoms with E-state index in [-0.39, 0.29) is 31.1 Å². The Kier molecular flexibility index (Phi) is 70.0. The van der Waals surface area contributed by atoms with Crippen molar-refractivity contribution < 1.29 is 28.6 Å². The van der Waals surface area contributed by atoms with Gasteiger partial charge < -0.3 is 14.2 Å². The third-order valence-corrected chi connectivity index (χ3v) is 17.5. The molecule has 82 heavy (non-hydrogen) atoms. The molecule has 0 aromatic heterocycles. The van der Waals surface area contributed by atoms with Crippen LogP contribution in [0.4, 0.5) is 0 Å². The highest BCUT2D eigenvalue weighted by molar-refractivity contribution is 5.71. The quantitative estimate of drug-likeness (QED) is 0.0261. The molecule has 0 amide bonds. The van der Waals surface area contributed by atoms with Crippen molar-refractivity contribution >= 4 is 17.9 Å². The first kappa shape index (κ1) is 80.2. The molecule has 0 aliphatic rings. The van der Waals surface area contributed by atoms with Gasteiger partial charge in [-0.1, -0.05) is 386 Å². The van der Waals surface area contributed by atoms with Crippen LogP contribution in [-0.2, 0) is 28.6 Å². The van der Waals surface area contributed by atoms with Gasteiger partial charge in [-0.2, -0.15) is 0 Å². The van der Waals surface area contributed by atoms with Crippen molar-refractivity contribution in [2.75, 3.05) is 13.2 Å². The number of carbonyl (C=O) groups excluding carboxylic acids is 3. The van der Waals surface area contributed by atoms with E-state index in [1.54, 1.807) is 0 Å². The van der Waals surface area contributed by atoms with Crippen LogP contribution in [0.25, 0.3) is 0 Å². The summed E-state index contributed by atoms with van der Waals surface area (Å²) in [6.45, 7) is 6.69. The van der Waals surface area contributed by atoms with Gasteiger partial charge in [-0.05, 0) is 44.9 Å². The molecule has 0 N–H and O–H groups in total. The van der Waals surface area contributed by atoms with E-state index in [1.807, 2.05) is 0 Å². The zero-order valence-corrected chi connectivity index (χ0v) is 56.1. The van der Waals surface area contributed by atoms with Gasteiger partial charge in [0.1, 0.15) is 13.2 Å². The van der Waals surface area contributed by atoms with Crippen molar-refractivity contribution in [3.8, 4) is 0 Å². The van der Waals surface area contributed by atoms with E-state index in [0.717, 1.165) is 57.8 Å². The molecule has 0 heterocycles. The molecule has 486 valence electrons. The highest BCUT2D eigenvalue weighted by atomic mass is 16.6. The van der Waals surface area contributed by atoms with Crippen molar-refractivity contribution in [2.45, 2.75) is 444 Å². The number of unbranched alkanes of at least 4 members (excludes halogenated alkanes) is 58. The van der Waals surface area contributed by atoms with Crippen molar-refractivity contribution in [2.24, 2.45) is 0 Å². The first-order chi connectivity index (χ1) is 40.5. The third-order valence-electron chi connectivity index (χ3n) is 17.5. The summed E-state index contributed by atoms with van der Waals surface area (Å²) in [6.07, 6.45) is 87.3. The first-order valence-electron chi connectivity index (χ1n) is 37.7. The standard InChI is InChI=1S/C76H146O6/c1-4-7-10-13-16-18-20-22-24-26-28-30-32-34-35-36-37-38-39-40-41-42-44-45-47-49-51-53-55-57-60-63-66-69-75(78)81-72-73(71-80-74(77)68-65-62-59-15-12-9-6-3)82-76(79)70-67-64-61-58-56-54-52-50-48-46-43-33-31-29-27-25-23-21-19-17-14-11-8-5-2/h26,28,73H,4-25,27,29-72H2,1-3H3/b28-26-. The highest BCUT2D eigenvalue weighted by Gasteiger charge is 2.20. The molecule has 1 unspecified atom stereocenters. The van der Waals surface area contributed by atoms with Gasteiger partial charge in [0.15, 0.2) is 6.10 Å². The second kappa shape index (κ2) is 71.6. The second-order valence-electron chi connectivity index (χ2n) is 25.9. The van der Waals surface area contributed by atoms with Gasteiger partial charge in [-0.15, -0.1) is 0 Å². The van der Waals surface area contributed by atoms with E-state index >= 15 is 0 Å². The average molecular weight is 1160 g/mol. The summed E-state index contributed by atoms with van der Waals surface area (Å²) in [5.41, 5.74) is 0. The molecule has 0 aromatic rings. The van der Waals surface area contributed by atoms with Gasteiger partial charge in [-0.25, -0.2) is 0 Å². The minimum Gasteiger partial charge on any atom is -0.462 e. The maximum Gasteiger partial charge on any atom is 0.306 e. The summed E-state index contributed by atoms with van der Waals surface area (Å²) < 4.78 is 16.9. The Morgan fingerprint density at radius 3 is 0.610 bits per heavy atom. The maximum atomic E-state index is 12.9. The Bertz CT molecular complexity index is 1280. The van der Waals surface area contributed by atoms with Gasteiger partial charge in [-0.3, -0.25) is 14.4 Å². The van der Waals surface area contributed by atoms with Crippen LogP contribution >= 0.6 is 0 Å². The minimum atomic E-state index is -0.763. The van der Waals surface area contributed by atoms with Gasteiger partial charge in [0.2, 0.25) is 0 Å². The molecular weight excluding hydrogens is 1010 g/mol. The Morgan fingerprint density at radius 1 is 0.232 bits per heavy atom. The molecule has 0 fully saturated rings. The SMILES string of the molecule is CCCCCCCCCC/C=C\CCCCCCCCCCCCCCCCCCCCCCCC(=O)OCC(COC(=O)CCCCCCCCC)OC(=O)CCCCCCCCCCCCCCCCCCCCCCCCCC. The molecular formula is C76H146O6. The van der Waals surface area contributed by atoms with Crippen LogP contribution in [0.5, 0.6) is 0 Å². The molecule has 6 heteroatoms. The van der Waals surface area contributed by atoms with Crippen LogP contribution < -0.4 is 0 Å². The lowest BCUT2D eigenvalue weighted by Crippen LogP contribution is -2.30. The minimum absolute atomic E-state index is 0.0625. The molecule has 0 saturated heterocycles. The maximum absolute atomic E-state index is 12.9. The fourth-order valence-corrected chi connectivity index (χ4v) is 11.9. The lowest BCUT2D eigenvalue weighted by atomic mass is 10.0. The summed E-state index contributed by atoms with van der Waals surface area (Å²) in [6, 6.07) is 0. The Balaban J connectivity index is 3.94. The van der Waals surface area contributed by atoms with Crippen molar-refractivity contribution in [3.63, 3.8) is 0 Å². The van der Waals surface area contributed by atoms with Crippen LogP contribution in [0.3, 0.4) is 0 Å². The van der Waals surface area contributed by atoms with Gasteiger partial charge in [0.05, 0.1) is 0 Å². The zero-order chi connectivity index (χ0) is 59.2. The molecule has 0 rings (SSSR count). The van der Waals surface area contributed by atoms with Crippen LogP contribution in [-0.4, -0.2) is 37.2 Å². The average Bonchev–Trinajstić information content (AvgIpc) is 3.48. The molecule has 0 aliphatic carbocycles. The van der Waals surface area contributed by atoms with Crippen molar-refractivity contribution in [3.05, 3.63) is 12.2 Å². The van der Waals surface area contributed by atoms with Crippen LogP contribution in [0, 0.1) is 0 Å². The van der Waals surface area contributed by atoms with Gasteiger partial charge in [0, 0.05) is 19.3 Å². The number of hydrogen-bond acceptors (Lipinski definition) is 6. The van der Waals surface area contributed by atoms with Crippen molar-refractivity contribution in [1.82, 2.24) is 0 Å². The predicted octanol–water partition coefficient (Wildman–Crippen LogP) is 26.0. The fraction of sp³-hybridized carbons (Fsp3) is 0.934. The largest absolute Gasteiger partial charge is 0.462 e. The van der Waals surface area contributed by atoms with Crippen molar-refractivity contribution in [1.29, 1.82) is 0 Å². The van der Waals surface area contributed by atoms with E-state index in [2.05, 4.69) is 32.9 Å². The fourth-order valence-electron chi connectivity index (χ4n) is 11.9. The third kappa shape index (κ3) is 68.9. The Labute approximate surface area is 513 Å². The molecule has 0 radical (unpaired) electrons. The summed E-state index contributed by atoms with van der Waals surface area (Å²) in [5, 5.41) is 0. The molecule has 0 spiro atoms. The van der Waals surface area contributed by atoms with E-state index in [4.69, 9.17) is 14.2 Å². The number of esters is 3. The number of allylic oxidation sites excluding steroid dienone is 2. The Hall–Kier alpha value is -1.85. The molecule has 0 saturated carbocycles. The summed E-state index contributed by atoms with van der Waals surface area (Å²) >= 11 is 0. The normalized spacial score (nSPS) is 12.0. The van der Waals surface area contributed by atoms with Gasteiger partial charge in [0.25, 0.3) is 0 Å². The monoisotopic (exact) mass is 1160 g/mol. The molecule has 0 aliphatic heterocycles. The van der Waals surface area contributed by atoms with Crippen LogP contribution in [0.1, 0.15) is 438 Å². The second-order valence-corrected chi connectivity index (χ2v) is 25.9. The zero-order valence-electron chi connectivity index (χ0n) is 56.1. The molecule has 0 bridgehead atoms. The smallest absolute Gasteiger partial charge is 0.306 e. The predicted molar refractivity (Wildman–Crippen MR) is 358 cm³/mol. The summed E-state index contributed by atoms with van der Waals surface area (Å²) in [5.74, 6) is -0.834. The van der Waals surface area contributed by atoms with Crippen LogP contribution in [0.15, 0.2) is 12.2 Å².